The first-order valence-corrected chi connectivity index (χ1v) is 8.45. The zero-order valence-corrected chi connectivity index (χ0v) is 14.2. The van der Waals surface area contributed by atoms with Gasteiger partial charge in [0.05, 0.1) is 6.61 Å². The van der Waals surface area contributed by atoms with Gasteiger partial charge < -0.3 is 9.47 Å². The number of allylic oxidation sites excluding steroid dienone is 3. The first-order valence-electron chi connectivity index (χ1n) is 8.45. The third-order valence-corrected chi connectivity index (χ3v) is 4.23. The highest BCUT2D eigenvalue weighted by Crippen LogP contribution is 2.29. The van der Waals surface area contributed by atoms with E-state index in [1.807, 2.05) is 12.1 Å². The zero-order chi connectivity index (χ0) is 15.8. The van der Waals surface area contributed by atoms with Gasteiger partial charge in [-0.1, -0.05) is 37.1 Å². The fourth-order valence-corrected chi connectivity index (χ4v) is 2.66. The Morgan fingerprint density at radius 1 is 1.23 bits per heavy atom. The summed E-state index contributed by atoms with van der Waals surface area (Å²) in [5.41, 5.74) is 4.23. The fourth-order valence-electron chi connectivity index (χ4n) is 2.66. The summed E-state index contributed by atoms with van der Waals surface area (Å²) in [4.78, 5) is 0. The van der Waals surface area contributed by atoms with Crippen LogP contribution in [-0.4, -0.2) is 13.2 Å². The van der Waals surface area contributed by atoms with Crippen molar-refractivity contribution < 1.29 is 9.47 Å². The molecule has 0 amide bonds. The molecule has 0 fully saturated rings. The maximum Gasteiger partial charge on any atom is 0.126 e. The minimum absolute atomic E-state index is 0.628. The van der Waals surface area contributed by atoms with Gasteiger partial charge in [0.15, 0.2) is 0 Å². The molecule has 22 heavy (non-hydrogen) atoms. The molecule has 1 aromatic rings. The van der Waals surface area contributed by atoms with Crippen molar-refractivity contribution in [2.24, 2.45) is 0 Å². The van der Waals surface area contributed by atoms with Gasteiger partial charge >= 0.3 is 0 Å². The van der Waals surface area contributed by atoms with Gasteiger partial charge in [0.1, 0.15) is 18.1 Å². The molecule has 2 heteroatoms. The van der Waals surface area contributed by atoms with E-state index in [1.165, 1.54) is 24.0 Å². The molecule has 1 aliphatic heterocycles. The lowest BCUT2D eigenvalue weighted by Gasteiger charge is -2.06. The predicted molar refractivity (Wildman–Crippen MR) is 92.8 cm³/mol. The van der Waals surface area contributed by atoms with E-state index in [1.54, 1.807) is 5.57 Å². The van der Waals surface area contributed by atoms with Crippen LogP contribution in [0.4, 0.5) is 0 Å². The maximum absolute atomic E-state index is 5.80. The van der Waals surface area contributed by atoms with Gasteiger partial charge in [-0.15, -0.1) is 0 Å². The number of hydrogen-bond donors (Lipinski definition) is 0. The van der Waals surface area contributed by atoms with Gasteiger partial charge in [0, 0.05) is 12.5 Å². The molecule has 120 valence electrons. The molecule has 0 unspecified atom stereocenters. The molecule has 0 aromatic heterocycles. The standard InChI is InChI=1S/C20H28O2/c1-4-17(5-2)8-6-7-16(3)11-13-21-19-10-9-18-12-14-22-20(18)15-19/h8-11,15H,4-7,12-14H2,1-3H3/b16-11+. The van der Waals surface area contributed by atoms with Crippen LogP contribution in [0, 0.1) is 0 Å². The van der Waals surface area contributed by atoms with Crippen LogP contribution < -0.4 is 9.47 Å². The lowest BCUT2D eigenvalue weighted by atomic mass is 10.1. The smallest absolute Gasteiger partial charge is 0.126 e. The average Bonchev–Trinajstić information content (AvgIpc) is 2.99. The summed E-state index contributed by atoms with van der Waals surface area (Å²) in [6.07, 6.45) is 10.2. The van der Waals surface area contributed by atoms with E-state index < -0.39 is 0 Å². The summed E-state index contributed by atoms with van der Waals surface area (Å²) < 4.78 is 11.4. The van der Waals surface area contributed by atoms with E-state index in [4.69, 9.17) is 9.47 Å². The summed E-state index contributed by atoms with van der Waals surface area (Å²) in [6.45, 7) is 8.06. The molecule has 1 aromatic carbocycles. The van der Waals surface area contributed by atoms with Gasteiger partial charge in [-0.05, 0) is 50.3 Å². The highest BCUT2D eigenvalue weighted by atomic mass is 16.5. The SMILES string of the molecule is CCC(=CCC/C(C)=C/COc1ccc2c(c1)OCC2)CC. The molecule has 0 atom stereocenters. The van der Waals surface area contributed by atoms with Gasteiger partial charge in [-0.3, -0.25) is 0 Å². The van der Waals surface area contributed by atoms with Gasteiger partial charge in [-0.2, -0.15) is 0 Å². The van der Waals surface area contributed by atoms with E-state index in [0.717, 1.165) is 37.4 Å². The number of hydrogen-bond acceptors (Lipinski definition) is 2. The molecule has 0 bridgehead atoms. The van der Waals surface area contributed by atoms with E-state index in [2.05, 4.69) is 39.0 Å². The van der Waals surface area contributed by atoms with Crippen molar-refractivity contribution in [3.63, 3.8) is 0 Å². The summed E-state index contributed by atoms with van der Waals surface area (Å²) in [5.74, 6) is 1.87. The van der Waals surface area contributed by atoms with Crippen molar-refractivity contribution in [2.75, 3.05) is 13.2 Å². The van der Waals surface area contributed by atoms with Crippen LogP contribution in [0.3, 0.4) is 0 Å². The Bertz CT molecular complexity index is 535. The summed E-state index contributed by atoms with van der Waals surface area (Å²) >= 11 is 0. The van der Waals surface area contributed by atoms with E-state index >= 15 is 0 Å². The number of ether oxygens (including phenoxy) is 2. The average molecular weight is 300 g/mol. The van der Waals surface area contributed by atoms with Gasteiger partial charge in [0.25, 0.3) is 0 Å². The molecule has 0 aliphatic carbocycles. The number of fused-ring (bicyclic) bond motifs is 1. The molecule has 1 heterocycles. The van der Waals surface area contributed by atoms with Crippen molar-refractivity contribution in [1.29, 1.82) is 0 Å². The highest BCUT2D eigenvalue weighted by Gasteiger charge is 2.12. The van der Waals surface area contributed by atoms with Crippen molar-refractivity contribution >= 4 is 0 Å². The Labute approximate surface area is 134 Å². The molecule has 0 saturated carbocycles. The maximum atomic E-state index is 5.80. The Morgan fingerprint density at radius 2 is 2.05 bits per heavy atom. The third-order valence-electron chi connectivity index (χ3n) is 4.23. The number of rotatable bonds is 8. The molecular formula is C20H28O2. The van der Waals surface area contributed by atoms with Crippen LogP contribution in [-0.2, 0) is 6.42 Å². The second kappa shape index (κ2) is 8.67. The molecular weight excluding hydrogens is 272 g/mol. The zero-order valence-electron chi connectivity index (χ0n) is 14.2. The van der Waals surface area contributed by atoms with Crippen LogP contribution in [0.1, 0.15) is 52.0 Å². The van der Waals surface area contributed by atoms with Crippen LogP contribution >= 0.6 is 0 Å². The monoisotopic (exact) mass is 300 g/mol. The van der Waals surface area contributed by atoms with Crippen LogP contribution in [0.2, 0.25) is 0 Å². The number of benzene rings is 1. The van der Waals surface area contributed by atoms with E-state index in [0.29, 0.717) is 6.61 Å². The second-order valence-electron chi connectivity index (χ2n) is 5.84. The minimum Gasteiger partial charge on any atom is -0.493 e. The molecule has 2 nitrogen and oxygen atoms in total. The summed E-state index contributed by atoms with van der Waals surface area (Å²) in [5, 5.41) is 0. The Balaban J connectivity index is 1.76. The molecule has 2 rings (SSSR count). The van der Waals surface area contributed by atoms with Crippen LogP contribution in [0.15, 0.2) is 41.5 Å². The first-order chi connectivity index (χ1) is 10.7. The largest absolute Gasteiger partial charge is 0.493 e. The molecule has 0 N–H and O–H groups in total. The molecule has 0 saturated heterocycles. The predicted octanol–water partition coefficient (Wildman–Crippen LogP) is 5.47. The van der Waals surface area contributed by atoms with Crippen molar-refractivity contribution in [3.05, 3.63) is 47.1 Å². The van der Waals surface area contributed by atoms with E-state index in [-0.39, 0.29) is 0 Å². The Hall–Kier alpha value is -1.70. The van der Waals surface area contributed by atoms with Crippen LogP contribution in [0.5, 0.6) is 11.5 Å². The lowest BCUT2D eigenvalue weighted by molar-refractivity contribution is 0.343. The molecule has 0 spiro atoms. The van der Waals surface area contributed by atoms with Crippen molar-refractivity contribution in [2.45, 2.75) is 52.9 Å². The molecule has 1 aliphatic rings. The Morgan fingerprint density at radius 3 is 2.82 bits per heavy atom. The normalized spacial score (nSPS) is 13.5. The highest BCUT2D eigenvalue weighted by molar-refractivity contribution is 5.42. The summed E-state index contributed by atoms with van der Waals surface area (Å²) in [6, 6.07) is 6.15. The van der Waals surface area contributed by atoms with Crippen molar-refractivity contribution in [3.8, 4) is 11.5 Å². The lowest BCUT2D eigenvalue weighted by Crippen LogP contribution is -1.95. The van der Waals surface area contributed by atoms with Crippen LogP contribution in [0.25, 0.3) is 0 Å². The second-order valence-corrected chi connectivity index (χ2v) is 5.84. The van der Waals surface area contributed by atoms with Gasteiger partial charge in [0.2, 0.25) is 0 Å². The third kappa shape index (κ3) is 4.94. The topological polar surface area (TPSA) is 18.5 Å². The van der Waals surface area contributed by atoms with E-state index in [9.17, 15) is 0 Å². The Kier molecular flexibility index (Phi) is 6.57. The summed E-state index contributed by atoms with van der Waals surface area (Å²) in [7, 11) is 0. The quantitative estimate of drug-likeness (QED) is 0.592. The van der Waals surface area contributed by atoms with Crippen molar-refractivity contribution in [1.82, 2.24) is 0 Å². The minimum atomic E-state index is 0.628. The molecule has 0 radical (unpaired) electrons. The fraction of sp³-hybridized carbons (Fsp3) is 0.500. The first kappa shape index (κ1) is 16.7. The van der Waals surface area contributed by atoms with Gasteiger partial charge in [-0.25, -0.2) is 0 Å².